The van der Waals surface area contributed by atoms with Gasteiger partial charge in [-0.15, -0.1) is 0 Å². The molecular weight excluding hydrogens is 428 g/mol. The number of carboxylic acid groups (broad SMARTS) is 1. The van der Waals surface area contributed by atoms with Crippen molar-refractivity contribution in [1.82, 2.24) is 5.32 Å². The van der Waals surface area contributed by atoms with Crippen molar-refractivity contribution in [2.45, 2.75) is 77.7 Å². The lowest BCUT2D eigenvalue weighted by Gasteiger charge is -2.23. The van der Waals surface area contributed by atoms with Crippen LogP contribution in [0.1, 0.15) is 87.1 Å². The van der Waals surface area contributed by atoms with Crippen LogP contribution in [0.3, 0.4) is 0 Å². The molecule has 1 amide bonds. The summed E-state index contributed by atoms with van der Waals surface area (Å²) < 4.78 is 0. The van der Waals surface area contributed by atoms with Gasteiger partial charge in [0.15, 0.2) is 6.61 Å². The van der Waals surface area contributed by atoms with Crippen LogP contribution in [0.15, 0.2) is 54.6 Å². The number of aliphatic carboxylic acids is 1. The van der Waals surface area contributed by atoms with Gasteiger partial charge in [-0.2, -0.15) is 0 Å². The summed E-state index contributed by atoms with van der Waals surface area (Å²) in [7, 11) is 0. The highest BCUT2D eigenvalue weighted by Gasteiger charge is 2.11. The van der Waals surface area contributed by atoms with Crippen molar-refractivity contribution in [3.63, 3.8) is 0 Å². The Kier molecular flexibility index (Phi) is 13.5. The Morgan fingerprint density at radius 2 is 1.41 bits per heavy atom. The second-order valence-electron chi connectivity index (χ2n) is 8.67. The van der Waals surface area contributed by atoms with Crippen molar-refractivity contribution >= 4 is 17.6 Å². The van der Waals surface area contributed by atoms with Crippen LogP contribution in [0.25, 0.3) is 0 Å². The van der Waals surface area contributed by atoms with Gasteiger partial charge < -0.3 is 10.4 Å². The predicted octanol–water partition coefficient (Wildman–Crippen LogP) is 6.36. The number of nitrogens with zero attached hydrogens (tertiary/aromatic N) is 1. The lowest BCUT2D eigenvalue weighted by Crippen LogP contribution is -2.26. The highest BCUT2D eigenvalue weighted by molar-refractivity contribution is 5.94. The maximum Gasteiger partial charge on any atom is 0.332 e. The molecule has 0 unspecified atom stereocenters. The molecule has 186 valence electrons. The third-order valence-corrected chi connectivity index (χ3v) is 5.75. The molecule has 0 aromatic heterocycles. The maximum atomic E-state index is 12.4. The van der Waals surface area contributed by atoms with Crippen molar-refractivity contribution in [2.24, 2.45) is 0 Å². The van der Waals surface area contributed by atoms with Crippen molar-refractivity contribution < 1.29 is 19.5 Å². The molecule has 0 fully saturated rings. The van der Waals surface area contributed by atoms with E-state index in [1.54, 1.807) is 17.2 Å². The number of rotatable bonds is 18. The third-order valence-electron chi connectivity index (χ3n) is 5.75. The molecule has 0 heterocycles. The Bertz CT molecular complexity index is 824. The first kappa shape index (κ1) is 27.4. The fourth-order valence-electron chi connectivity index (χ4n) is 3.78. The van der Waals surface area contributed by atoms with Gasteiger partial charge in [0.1, 0.15) is 0 Å². The Balaban J connectivity index is 1.69. The molecule has 0 saturated heterocycles. The quantitative estimate of drug-likeness (QED) is 0.197. The van der Waals surface area contributed by atoms with Gasteiger partial charge in [-0.05, 0) is 36.2 Å². The van der Waals surface area contributed by atoms with Gasteiger partial charge in [0.25, 0.3) is 5.91 Å². The van der Waals surface area contributed by atoms with Crippen LogP contribution in [-0.2, 0) is 16.2 Å². The number of unbranched alkanes of at least 4 members (excludes halogenated alkanes) is 9. The van der Waals surface area contributed by atoms with Crippen molar-refractivity contribution in [1.29, 1.82) is 0 Å². The maximum absolute atomic E-state index is 12.4. The minimum atomic E-state index is -1.03. The summed E-state index contributed by atoms with van der Waals surface area (Å²) in [4.78, 5) is 28.8. The fraction of sp³-hybridized carbons (Fsp3) is 0.500. The monoisotopic (exact) mass is 468 g/mol. The molecule has 2 N–H and O–H groups in total. The van der Waals surface area contributed by atoms with Crippen LogP contribution in [0.4, 0.5) is 5.69 Å². The van der Waals surface area contributed by atoms with E-state index in [9.17, 15) is 9.59 Å². The Morgan fingerprint density at radius 1 is 0.824 bits per heavy atom. The smallest absolute Gasteiger partial charge is 0.332 e. The van der Waals surface area contributed by atoms with Crippen molar-refractivity contribution in [3.8, 4) is 0 Å². The molecule has 0 aliphatic carbocycles. The predicted molar refractivity (Wildman–Crippen MR) is 137 cm³/mol. The first-order chi connectivity index (χ1) is 16.6. The SMILES string of the molecule is CCCCCCCCCCCCNC(=O)c1ccc(CN(OCC(=O)O)c2ccccc2)cc1. The second-order valence-corrected chi connectivity index (χ2v) is 8.67. The number of hydrogen-bond donors (Lipinski definition) is 2. The molecule has 0 radical (unpaired) electrons. The fourth-order valence-corrected chi connectivity index (χ4v) is 3.78. The minimum Gasteiger partial charge on any atom is -0.479 e. The third kappa shape index (κ3) is 11.3. The topological polar surface area (TPSA) is 78.9 Å². The van der Waals surface area contributed by atoms with Gasteiger partial charge in [-0.25, -0.2) is 9.86 Å². The van der Waals surface area contributed by atoms with E-state index in [4.69, 9.17) is 9.94 Å². The number of carbonyl (C=O) groups excluding carboxylic acids is 1. The molecule has 0 saturated carbocycles. The zero-order chi connectivity index (χ0) is 24.4. The molecule has 0 bridgehead atoms. The van der Waals surface area contributed by atoms with E-state index < -0.39 is 12.6 Å². The number of anilines is 1. The molecule has 0 aliphatic heterocycles. The average molecular weight is 469 g/mol. The van der Waals surface area contributed by atoms with E-state index in [0.717, 1.165) is 24.1 Å². The van der Waals surface area contributed by atoms with E-state index in [-0.39, 0.29) is 5.91 Å². The van der Waals surface area contributed by atoms with Gasteiger partial charge >= 0.3 is 5.97 Å². The number of hydroxylamine groups is 1. The van der Waals surface area contributed by atoms with Crippen LogP contribution in [0, 0.1) is 0 Å². The van der Waals surface area contributed by atoms with Gasteiger partial charge in [0.2, 0.25) is 0 Å². The summed E-state index contributed by atoms with van der Waals surface area (Å²) in [5.41, 5.74) is 2.30. The molecule has 2 aromatic rings. The summed E-state index contributed by atoms with van der Waals surface area (Å²) in [6.07, 6.45) is 12.7. The first-order valence-corrected chi connectivity index (χ1v) is 12.6. The Morgan fingerprint density at radius 3 is 2.00 bits per heavy atom. The summed E-state index contributed by atoms with van der Waals surface area (Å²) >= 11 is 0. The number of nitrogens with one attached hydrogen (secondary N) is 1. The number of amides is 1. The van der Waals surface area contributed by atoms with Crippen molar-refractivity contribution in [2.75, 3.05) is 18.2 Å². The number of hydrogen-bond acceptors (Lipinski definition) is 4. The van der Waals surface area contributed by atoms with Crippen LogP contribution < -0.4 is 10.4 Å². The number of para-hydroxylation sites is 1. The van der Waals surface area contributed by atoms with Crippen LogP contribution >= 0.6 is 0 Å². The molecule has 2 aromatic carbocycles. The molecule has 0 aliphatic rings. The zero-order valence-corrected chi connectivity index (χ0v) is 20.5. The molecule has 0 atom stereocenters. The average Bonchev–Trinajstić information content (AvgIpc) is 2.85. The number of carboxylic acids is 1. The summed E-state index contributed by atoms with van der Waals surface area (Å²) in [5.74, 6) is -1.10. The van der Waals surface area contributed by atoms with E-state index in [1.165, 1.54) is 51.4 Å². The van der Waals surface area contributed by atoms with Crippen LogP contribution in [0.5, 0.6) is 0 Å². The molecule has 6 nitrogen and oxygen atoms in total. The van der Waals surface area contributed by atoms with E-state index in [0.29, 0.717) is 18.7 Å². The lowest BCUT2D eigenvalue weighted by atomic mass is 10.1. The Hall–Kier alpha value is -2.86. The standard InChI is InChI=1S/C28H40N2O4/c1-2-3-4-5-6-7-8-9-10-14-21-29-28(33)25-19-17-24(18-20-25)22-30(34-23-27(31)32)26-15-12-11-13-16-26/h11-13,15-20H,2-10,14,21-23H2,1H3,(H,29,33)(H,31,32). The number of carbonyl (C=O) groups is 2. The van der Waals surface area contributed by atoms with Gasteiger partial charge in [0, 0.05) is 12.1 Å². The van der Waals surface area contributed by atoms with Crippen LogP contribution in [0.2, 0.25) is 0 Å². The number of benzene rings is 2. The van der Waals surface area contributed by atoms with Gasteiger partial charge in [-0.1, -0.05) is 95.0 Å². The largest absolute Gasteiger partial charge is 0.479 e. The van der Waals surface area contributed by atoms with Crippen molar-refractivity contribution in [3.05, 3.63) is 65.7 Å². The summed E-state index contributed by atoms with van der Waals surface area (Å²) in [6.45, 7) is 2.89. The van der Waals surface area contributed by atoms with Gasteiger partial charge in [-0.3, -0.25) is 9.63 Å². The normalized spacial score (nSPS) is 10.7. The highest BCUT2D eigenvalue weighted by Crippen LogP contribution is 2.18. The van der Waals surface area contributed by atoms with E-state index in [1.807, 2.05) is 42.5 Å². The first-order valence-electron chi connectivity index (χ1n) is 12.6. The second kappa shape index (κ2) is 16.7. The molecule has 0 spiro atoms. The Labute approximate surface area is 204 Å². The summed E-state index contributed by atoms with van der Waals surface area (Å²) in [5, 5.41) is 13.5. The molecular formula is C28H40N2O4. The van der Waals surface area contributed by atoms with E-state index >= 15 is 0 Å². The highest BCUT2D eigenvalue weighted by atomic mass is 16.7. The van der Waals surface area contributed by atoms with Crippen LogP contribution in [-0.4, -0.2) is 30.1 Å². The molecule has 34 heavy (non-hydrogen) atoms. The lowest BCUT2D eigenvalue weighted by molar-refractivity contribution is -0.142. The van der Waals surface area contributed by atoms with E-state index in [2.05, 4.69) is 12.2 Å². The summed E-state index contributed by atoms with van der Waals surface area (Å²) in [6, 6.07) is 16.7. The molecule has 2 rings (SSSR count). The molecule has 6 heteroatoms. The zero-order valence-electron chi connectivity index (χ0n) is 20.5. The minimum absolute atomic E-state index is 0.0653. The van der Waals surface area contributed by atoms with Gasteiger partial charge in [0.05, 0.1) is 12.2 Å².